The zero-order valence-corrected chi connectivity index (χ0v) is 11.6. The van der Waals surface area contributed by atoms with Gasteiger partial charge in [-0.15, -0.1) is 0 Å². The van der Waals surface area contributed by atoms with Crippen LogP contribution < -0.4 is 15.6 Å². The molecule has 20 heavy (non-hydrogen) atoms. The van der Waals surface area contributed by atoms with Crippen molar-refractivity contribution in [3.8, 4) is 0 Å². The molecule has 2 rings (SSSR count). The number of benzene rings is 1. The van der Waals surface area contributed by atoms with Crippen LogP contribution in [-0.2, 0) is 0 Å². The molecule has 0 amide bonds. The molecule has 0 fully saturated rings. The third-order valence-electron chi connectivity index (χ3n) is 2.91. The molecule has 0 radical (unpaired) electrons. The molecule has 0 atom stereocenters. The number of fused-ring (bicyclic) bond motifs is 1. The standard InChI is InChI=1S/C14H18N4O2/c1-18(2)9-5-8-15-14(20)12-16-11-7-4-3-6-10(11)13(19)17-12/h3-4,6-7H,5,8-9H2,1-2H3,(H,15,20)(H,16,17,19). The van der Waals surface area contributed by atoms with Crippen molar-refractivity contribution in [2.45, 2.75) is 6.42 Å². The molecule has 106 valence electrons. The molecule has 2 aromatic rings. The van der Waals surface area contributed by atoms with Crippen LogP contribution in [0.1, 0.15) is 12.2 Å². The van der Waals surface area contributed by atoms with Gasteiger partial charge in [-0.3, -0.25) is 9.79 Å². The van der Waals surface area contributed by atoms with Gasteiger partial charge >= 0.3 is 0 Å². The summed E-state index contributed by atoms with van der Waals surface area (Å²) >= 11 is 0. The van der Waals surface area contributed by atoms with Crippen LogP contribution in [0.15, 0.2) is 34.1 Å². The van der Waals surface area contributed by atoms with Gasteiger partial charge in [0, 0.05) is 18.9 Å². The smallest absolute Gasteiger partial charge is 0.259 e. The minimum absolute atomic E-state index is 0.00546. The fourth-order valence-electron chi connectivity index (χ4n) is 1.88. The molecule has 0 saturated carbocycles. The first-order chi connectivity index (χ1) is 9.58. The maximum absolute atomic E-state index is 11.9. The number of nitrogens with one attached hydrogen (secondary N) is 2. The van der Waals surface area contributed by atoms with Gasteiger partial charge in [-0.1, -0.05) is 12.1 Å². The molecule has 1 heterocycles. The lowest BCUT2D eigenvalue weighted by Gasteiger charge is -2.11. The van der Waals surface area contributed by atoms with E-state index in [-0.39, 0.29) is 11.4 Å². The van der Waals surface area contributed by atoms with Crippen molar-refractivity contribution < 1.29 is 10.0 Å². The average molecular weight is 274 g/mol. The number of aliphatic imine (C=N–C) groups is 1. The van der Waals surface area contributed by atoms with E-state index < -0.39 is 5.90 Å². The minimum Gasteiger partial charge on any atom is -0.856 e. The van der Waals surface area contributed by atoms with Crippen molar-refractivity contribution in [1.82, 2.24) is 9.97 Å². The molecule has 6 nitrogen and oxygen atoms in total. The van der Waals surface area contributed by atoms with Crippen LogP contribution in [-0.4, -0.2) is 43.1 Å². The largest absolute Gasteiger partial charge is 0.856 e. The maximum atomic E-state index is 11.9. The lowest BCUT2D eigenvalue weighted by molar-refractivity contribution is -0.858. The van der Waals surface area contributed by atoms with E-state index in [1.807, 2.05) is 14.1 Å². The Morgan fingerprint density at radius 1 is 1.40 bits per heavy atom. The highest BCUT2D eigenvalue weighted by Crippen LogP contribution is 2.05. The van der Waals surface area contributed by atoms with Crippen LogP contribution in [0.4, 0.5) is 0 Å². The van der Waals surface area contributed by atoms with Crippen molar-refractivity contribution >= 4 is 16.8 Å². The second-order valence-electron chi connectivity index (χ2n) is 4.93. The summed E-state index contributed by atoms with van der Waals surface area (Å²) < 4.78 is 0. The molecule has 6 heteroatoms. The molecule has 0 unspecified atom stereocenters. The van der Waals surface area contributed by atoms with E-state index >= 15 is 0 Å². The SMILES string of the molecule is C[NH+](C)CCCN=C([O-])c1nc2ccccc2c(=O)[nH]1. The van der Waals surface area contributed by atoms with E-state index in [0.29, 0.717) is 17.4 Å². The third-order valence-corrected chi connectivity index (χ3v) is 2.91. The van der Waals surface area contributed by atoms with Crippen LogP contribution in [0.3, 0.4) is 0 Å². The Balaban J connectivity index is 2.20. The molecule has 1 aromatic carbocycles. The predicted molar refractivity (Wildman–Crippen MR) is 76.1 cm³/mol. The lowest BCUT2D eigenvalue weighted by Crippen LogP contribution is -3.05. The van der Waals surface area contributed by atoms with E-state index in [2.05, 4.69) is 15.0 Å². The molecular weight excluding hydrogens is 256 g/mol. The number of H-pyrrole nitrogens is 1. The first-order valence-electron chi connectivity index (χ1n) is 6.58. The van der Waals surface area contributed by atoms with E-state index in [1.54, 1.807) is 24.3 Å². The summed E-state index contributed by atoms with van der Waals surface area (Å²) in [7, 11) is 4.09. The summed E-state index contributed by atoms with van der Waals surface area (Å²) in [5, 5.41) is 12.4. The normalized spacial score (nSPS) is 12.2. The molecule has 0 spiro atoms. The number of aromatic nitrogens is 2. The van der Waals surface area contributed by atoms with Gasteiger partial charge in [-0.05, 0) is 12.1 Å². The van der Waals surface area contributed by atoms with Gasteiger partial charge < -0.3 is 15.0 Å². The highest BCUT2D eigenvalue weighted by atomic mass is 16.3. The second-order valence-corrected chi connectivity index (χ2v) is 4.93. The number of quaternary nitrogens is 1. The Kier molecular flexibility index (Phi) is 4.47. The summed E-state index contributed by atoms with van der Waals surface area (Å²) in [6.07, 6.45) is 0.825. The first-order valence-corrected chi connectivity index (χ1v) is 6.58. The minimum atomic E-state index is -0.471. The maximum Gasteiger partial charge on any atom is 0.259 e. The zero-order valence-electron chi connectivity index (χ0n) is 11.6. The van der Waals surface area contributed by atoms with Crippen molar-refractivity contribution in [2.75, 3.05) is 27.2 Å². The van der Waals surface area contributed by atoms with Crippen LogP contribution in [0.2, 0.25) is 0 Å². The number of para-hydroxylation sites is 1. The summed E-state index contributed by atoms with van der Waals surface area (Å²) in [6, 6.07) is 6.91. The van der Waals surface area contributed by atoms with Crippen molar-refractivity contribution in [1.29, 1.82) is 0 Å². The summed E-state index contributed by atoms with van der Waals surface area (Å²) in [6.45, 7) is 1.39. The van der Waals surface area contributed by atoms with Gasteiger partial charge in [0.1, 0.15) is 5.82 Å². The number of hydrogen-bond donors (Lipinski definition) is 2. The van der Waals surface area contributed by atoms with Crippen LogP contribution >= 0.6 is 0 Å². The molecular formula is C14H18N4O2. The van der Waals surface area contributed by atoms with Crippen LogP contribution in [0, 0.1) is 0 Å². The van der Waals surface area contributed by atoms with Crippen molar-refractivity contribution in [3.63, 3.8) is 0 Å². The highest BCUT2D eigenvalue weighted by molar-refractivity contribution is 5.89. The Bertz CT molecular complexity index is 676. The average Bonchev–Trinajstić information content (AvgIpc) is 2.43. The lowest BCUT2D eigenvalue weighted by atomic mass is 10.2. The predicted octanol–water partition coefficient (Wildman–Crippen LogP) is -1.44. The Hall–Kier alpha value is -2.21. The summed E-state index contributed by atoms with van der Waals surface area (Å²) in [5.74, 6) is -0.465. The van der Waals surface area contributed by atoms with Crippen LogP contribution in [0.5, 0.6) is 0 Å². The van der Waals surface area contributed by atoms with E-state index in [1.165, 1.54) is 4.90 Å². The number of rotatable bonds is 5. The van der Waals surface area contributed by atoms with Gasteiger partial charge in [-0.25, -0.2) is 4.98 Å². The fraction of sp³-hybridized carbons (Fsp3) is 0.357. The molecule has 1 aromatic heterocycles. The Labute approximate surface area is 116 Å². The molecule has 0 bridgehead atoms. The molecule has 2 N–H and O–H groups in total. The second kappa shape index (κ2) is 6.29. The summed E-state index contributed by atoms with van der Waals surface area (Å²) in [4.78, 5) is 23.7. The highest BCUT2D eigenvalue weighted by Gasteiger charge is 2.02. The van der Waals surface area contributed by atoms with Gasteiger partial charge in [0.25, 0.3) is 5.56 Å². The molecule has 0 saturated heterocycles. The number of hydrogen-bond acceptors (Lipinski definition) is 4. The first kappa shape index (κ1) is 14.2. The molecule has 0 aliphatic rings. The molecule has 0 aliphatic heterocycles. The fourth-order valence-corrected chi connectivity index (χ4v) is 1.88. The van der Waals surface area contributed by atoms with Crippen molar-refractivity contribution in [2.24, 2.45) is 4.99 Å². The van der Waals surface area contributed by atoms with Gasteiger partial charge in [0.05, 0.1) is 31.5 Å². The number of nitrogens with zero attached hydrogens (tertiary/aromatic N) is 2. The van der Waals surface area contributed by atoms with Crippen LogP contribution in [0.25, 0.3) is 10.9 Å². The summed E-state index contributed by atoms with van der Waals surface area (Å²) in [5.41, 5.74) is 0.194. The monoisotopic (exact) mass is 274 g/mol. The number of aromatic amines is 1. The third kappa shape index (κ3) is 3.42. The van der Waals surface area contributed by atoms with E-state index in [4.69, 9.17) is 0 Å². The zero-order chi connectivity index (χ0) is 14.5. The van der Waals surface area contributed by atoms with E-state index in [9.17, 15) is 9.90 Å². The quantitative estimate of drug-likeness (QED) is 0.398. The Morgan fingerprint density at radius 3 is 2.90 bits per heavy atom. The van der Waals surface area contributed by atoms with E-state index in [0.717, 1.165) is 13.0 Å². The van der Waals surface area contributed by atoms with Gasteiger partial charge in [-0.2, -0.15) is 0 Å². The van der Waals surface area contributed by atoms with Crippen molar-refractivity contribution in [3.05, 3.63) is 40.4 Å². The van der Waals surface area contributed by atoms with Gasteiger partial charge in [0.2, 0.25) is 0 Å². The topological polar surface area (TPSA) is 85.6 Å². The molecule has 0 aliphatic carbocycles. The Morgan fingerprint density at radius 2 is 2.15 bits per heavy atom. The van der Waals surface area contributed by atoms with Gasteiger partial charge in [0.15, 0.2) is 0 Å².